The van der Waals surface area contributed by atoms with Crippen molar-refractivity contribution in [3.8, 4) is 0 Å². The van der Waals surface area contributed by atoms with Gasteiger partial charge in [0, 0.05) is 19.2 Å². The van der Waals surface area contributed by atoms with Gasteiger partial charge in [-0.15, -0.1) is 24.0 Å². The second kappa shape index (κ2) is 9.76. The van der Waals surface area contributed by atoms with Crippen LogP contribution in [0.15, 0.2) is 46.1 Å². The summed E-state index contributed by atoms with van der Waals surface area (Å²) in [5.41, 5.74) is 3.33. The van der Waals surface area contributed by atoms with Crippen LogP contribution < -0.4 is 5.32 Å². The molecule has 2 heterocycles. The lowest BCUT2D eigenvalue weighted by molar-refractivity contribution is -0.00834. The van der Waals surface area contributed by atoms with Gasteiger partial charge in [0.2, 0.25) is 0 Å². The highest BCUT2D eigenvalue weighted by molar-refractivity contribution is 14.0. The molecule has 1 aliphatic rings. The SMILES string of the molecule is CCNC(=NCc1ccon1)N1CCOC(c2ccccc2C)C1.I. The molecule has 7 heteroatoms. The van der Waals surface area contributed by atoms with Gasteiger partial charge in [0.1, 0.15) is 18.1 Å². The van der Waals surface area contributed by atoms with Crippen LogP contribution in [0.5, 0.6) is 0 Å². The van der Waals surface area contributed by atoms with Crippen LogP contribution in [0, 0.1) is 6.92 Å². The fraction of sp³-hybridized carbons (Fsp3) is 0.444. The molecule has 0 radical (unpaired) electrons. The molecule has 0 aliphatic carbocycles. The van der Waals surface area contributed by atoms with Crippen molar-refractivity contribution in [2.75, 3.05) is 26.2 Å². The average molecular weight is 456 g/mol. The van der Waals surface area contributed by atoms with Crippen molar-refractivity contribution in [2.24, 2.45) is 4.99 Å². The van der Waals surface area contributed by atoms with Crippen LogP contribution in [0.25, 0.3) is 0 Å². The molecule has 2 aromatic rings. The largest absolute Gasteiger partial charge is 0.370 e. The molecule has 1 fully saturated rings. The van der Waals surface area contributed by atoms with Crippen LogP contribution in [0.1, 0.15) is 29.8 Å². The predicted octanol–water partition coefficient (Wildman–Crippen LogP) is 3.14. The molecular weight excluding hydrogens is 431 g/mol. The van der Waals surface area contributed by atoms with Crippen LogP contribution in [0.2, 0.25) is 0 Å². The summed E-state index contributed by atoms with van der Waals surface area (Å²) in [6, 6.07) is 10.2. The zero-order valence-corrected chi connectivity index (χ0v) is 17.0. The van der Waals surface area contributed by atoms with Gasteiger partial charge in [-0.1, -0.05) is 29.4 Å². The van der Waals surface area contributed by atoms with Gasteiger partial charge in [-0.05, 0) is 25.0 Å². The smallest absolute Gasteiger partial charge is 0.194 e. The molecule has 1 unspecified atom stereocenters. The van der Waals surface area contributed by atoms with E-state index in [0.29, 0.717) is 13.2 Å². The minimum absolute atomic E-state index is 0. The number of aryl methyl sites for hydroxylation is 1. The number of hydrogen-bond donors (Lipinski definition) is 1. The van der Waals surface area contributed by atoms with E-state index in [4.69, 9.17) is 9.26 Å². The number of ether oxygens (including phenoxy) is 1. The first kappa shape index (κ1) is 19.7. The summed E-state index contributed by atoms with van der Waals surface area (Å²) in [6.45, 7) is 7.83. The highest BCUT2D eigenvalue weighted by atomic mass is 127. The first-order valence-electron chi connectivity index (χ1n) is 8.37. The van der Waals surface area contributed by atoms with Gasteiger partial charge in [0.15, 0.2) is 5.96 Å². The molecular formula is C18H25IN4O2. The van der Waals surface area contributed by atoms with Crippen molar-refractivity contribution in [3.05, 3.63) is 53.4 Å². The lowest BCUT2D eigenvalue weighted by Gasteiger charge is -2.35. The van der Waals surface area contributed by atoms with E-state index in [1.54, 1.807) is 6.26 Å². The van der Waals surface area contributed by atoms with Crippen molar-refractivity contribution in [1.29, 1.82) is 0 Å². The molecule has 1 aliphatic heterocycles. The van der Waals surface area contributed by atoms with E-state index in [1.807, 2.05) is 6.07 Å². The number of morpholine rings is 1. The average Bonchev–Trinajstić information content (AvgIpc) is 3.13. The number of hydrogen-bond acceptors (Lipinski definition) is 4. The van der Waals surface area contributed by atoms with Gasteiger partial charge in [-0.25, -0.2) is 4.99 Å². The van der Waals surface area contributed by atoms with E-state index in [1.165, 1.54) is 11.1 Å². The van der Waals surface area contributed by atoms with Crippen molar-refractivity contribution < 1.29 is 9.26 Å². The Kier molecular flexibility index (Phi) is 7.70. The van der Waals surface area contributed by atoms with Crippen LogP contribution in [-0.2, 0) is 11.3 Å². The molecule has 0 spiro atoms. The van der Waals surface area contributed by atoms with E-state index in [2.05, 4.69) is 58.5 Å². The van der Waals surface area contributed by atoms with Gasteiger partial charge in [-0.3, -0.25) is 0 Å². The summed E-state index contributed by atoms with van der Waals surface area (Å²) >= 11 is 0. The standard InChI is InChI=1S/C18H24N4O2.HI/c1-3-19-18(20-12-15-8-10-24-21-15)22-9-11-23-17(13-22)16-7-5-4-6-14(16)2;/h4-8,10,17H,3,9,11-13H2,1-2H3,(H,19,20);1H. The maximum Gasteiger partial charge on any atom is 0.194 e. The van der Waals surface area contributed by atoms with E-state index in [-0.39, 0.29) is 30.1 Å². The Hall–Kier alpha value is -1.61. The minimum Gasteiger partial charge on any atom is -0.370 e. The van der Waals surface area contributed by atoms with Crippen LogP contribution in [0.3, 0.4) is 0 Å². The fourth-order valence-corrected chi connectivity index (χ4v) is 2.88. The molecule has 3 rings (SSSR count). The molecule has 1 saturated heterocycles. The molecule has 1 N–H and O–H groups in total. The zero-order valence-electron chi connectivity index (χ0n) is 14.6. The number of guanidine groups is 1. The van der Waals surface area contributed by atoms with Crippen molar-refractivity contribution >= 4 is 29.9 Å². The molecule has 25 heavy (non-hydrogen) atoms. The maximum absolute atomic E-state index is 6.00. The summed E-state index contributed by atoms with van der Waals surface area (Å²) in [4.78, 5) is 6.94. The Morgan fingerprint density at radius 2 is 2.20 bits per heavy atom. The highest BCUT2D eigenvalue weighted by Crippen LogP contribution is 2.25. The van der Waals surface area contributed by atoms with E-state index >= 15 is 0 Å². The van der Waals surface area contributed by atoms with Gasteiger partial charge >= 0.3 is 0 Å². The number of aromatic nitrogens is 1. The number of nitrogens with one attached hydrogen (secondary N) is 1. The number of rotatable bonds is 4. The highest BCUT2D eigenvalue weighted by Gasteiger charge is 2.25. The summed E-state index contributed by atoms with van der Waals surface area (Å²) in [5.74, 6) is 0.891. The number of benzene rings is 1. The first-order valence-corrected chi connectivity index (χ1v) is 8.37. The van der Waals surface area contributed by atoms with Gasteiger partial charge < -0.3 is 19.5 Å². The minimum atomic E-state index is 0. The number of halogens is 1. The normalized spacial score (nSPS) is 17.9. The molecule has 0 bridgehead atoms. The van der Waals surface area contributed by atoms with Crippen molar-refractivity contribution in [1.82, 2.24) is 15.4 Å². The molecule has 1 atom stereocenters. The van der Waals surface area contributed by atoms with Gasteiger partial charge in [0.05, 0.1) is 19.7 Å². The Morgan fingerprint density at radius 3 is 2.92 bits per heavy atom. The number of nitrogens with zero attached hydrogens (tertiary/aromatic N) is 3. The van der Waals surface area contributed by atoms with Gasteiger partial charge in [-0.2, -0.15) is 0 Å². The topological polar surface area (TPSA) is 62.9 Å². The fourth-order valence-electron chi connectivity index (χ4n) is 2.88. The predicted molar refractivity (Wildman–Crippen MR) is 108 cm³/mol. The first-order chi connectivity index (χ1) is 11.8. The lowest BCUT2D eigenvalue weighted by Crippen LogP contribution is -2.48. The number of aliphatic imine (C=N–C) groups is 1. The molecule has 0 amide bonds. The zero-order chi connectivity index (χ0) is 16.8. The molecule has 1 aromatic carbocycles. The van der Waals surface area contributed by atoms with E-state index in [9.17, 15) is 0 Å². The molecule has 0 saturated carbocycles. The third kappa shape index (κ3) is 5.18. The Balaban J connectivity index is 0.00000225. The molecule has 136 valence electrons. The van der Waals surface area contributed by atoms with Crippen LogP contribution >= 0.6 is 24.0 Å². The lowest BCUT2D eigenvalue weighted by atomic mass is 10.0. The van der Waals surface area contributed by atoms with Crippen LogP contribution in [-0.4, -0.2) is 42.3 Å². The van der Waals surface area contributed by atoms with E-state index in [0.717, 1.165) is 31.3 Å². The van der Waals surface area contributed by atoms with Crippen molar-refractivity contribution in [3.63, 3.8) is 0 Å². The molecule has 6 nitrogen and oxygen atoms in total. The molecule has 1 aromatic heterocycles. The quantitative estimate of drug-likeness (QED) is 0.435. The van der Waals surface area contributed by atoms with Gasteiger partial charge in [0.25, 0.3) is 0 Å². The Morgan fingerprint density at radius 1 is 1.36 bits per heavy atom. The Labute approximate surface area is 165 Å². The van der Waals surface area contributed by atoms with Crippen molar-refractivity contribution in [2.45, 2.75) is 26.5 Å². The third-order valence-electron chi connectivity index (χ3n) is 4.12. The summed E-state index contributed by atoms with van der Waals surface area (Å²) in [7, 11) is 0. The summed E-state index contributed by atoms with van der Waals surface area (Å²) < 4.78 is 10.9. The monoisotopic (exact) mass is 456 g/mol. The van der Waals surface area contributed by atoms with Crippen LogP contribution in [0.4, 0.5) is 0 Å². The second-order valence-corrected chi connectivity index (χ2v) is 5.82. The summed E-state index contributed by atoms with van der Waals surface area (Å²) in [5, 5.41) is 7.28. The third-order valence-corrected chi connectivity index (χ3v) is 4.12. The van der Waals surface area contributed by atoms with E-state index < -0.39 is 0 Å². The summed E-state index contributed by atoms with van der Waals surface area (Å²) in [6.07, 6.45) is 1.64. The maximum atomic E-state index is 6.00. The second-order valence-electron chi connectivity index (χ2n) is 5.82. The Bertz CT molecular complexity index is 675.